The molecule has 1 N–H and O–H groups in total. The first-order valence-electron chi connectivity index (χ1n) is 8.79. The van der Waals surface area contributed by atoms with E-state index < -0.39 is 0 Å². The number of benzene rings is 2. The Morgan fingerprint density at radius 3 is 2.50 bits per heavy atom. The van der Waals surface area contributed by atoms with Crippen LogP contribution in [0, 0.1) is 0 Å². The van der Waals surface area contributed by atoms with E-state index in [1.54, 1.807) is 0 Å². The van der Waals surface area contributed by atoms with Crippen molar-refractivity contribution >= 4 is 33.5 Å². The summed E-state index contributed by atoms with van der Waals surface area (Å²) in [5.41, 5.74) is 7.95. The summed E-state index contributed by atoms with van der Waals surface area (Å²) in [5, 5.41) is 4.42. The summed E-state index contributed by atoms with van der Waals surface area (Å²) in [5.74, 6) is 0. The lowest BCUT2D eigenvalue weighted by Gasteiger charge is -2.20. The van der Waals surface area contributed by atoms with E-state index in [-0.39, 0.29) is 6.04 Å². The third kappa shape index (κ3) is 3.88. The van der Waals surface area contributed by atoms with Crippen molar-refractivity contribution in [2.45, 2.75) is 19.9 Å². The highest BCUT2D eigenvalue weighted by atomic mass is 79.9. The third-order valence-electron chi connectivity index (χ3n) is 4.45. The van der Waals surface area contributed by atoms with E-state index in [0.29, 0.717) is 0 Å². The van der Waals surface area contributed by atoms with Crippen molar-refractivity contribution < 1.29 is 0 Å². The first-order valence-corrected chi connectivity index (χ1v) is 9.58. The molecule has 1 aliphatic rings. The van der Waals surface area contributed by atoms with E-state index in [0.717, 1.165) is 40.1 Å². The van der Waals surface area contributed by atoms with Gasteiger partial charge in [0.2, 0.25) is 0 Å². The van der Waals surface area contributed by atoms with Crippen LogP contribution in [0.3, 0.4) is 0 Å². The van der Waals surface area contributed by atoms with Gasteiger partial charge in [0, 0.05) is 35.0 Å². The van der Waals surface area contributed by atoms with E-state index in [1.165, 1.54) is 5.69 Å². The number of hydrogen-bond donors (Lipinski definition) is 1. The number of halogens is 1. The molecule has 5 heteroatoms. The van der Waals surface area contributed by atoms with Gasteiger partial charge in [-0.1, -0.05) is 52.8 Å². The summed E-state index contributed by atoms with van der Waals surface area (Å²) >= 11 is 3.59. The maximum Gasteiger partial charge on any atom is 0.135 e. The Morgan fingerprint density at radius 2 is 1.85 bits per heavy atom. The standard InChI is InChI=1S/C21H23BrN4/c1-4-26(5-2)17-12-10-16(11-13-17)14-23-20-15(3)24-25-21(20)18-8-6-7-9-19(18)22/h6-14,20,24H,3-5H2,1-2H3. The van der Waals surface area contributed by atoms with E-state index in [4.69, 9.17) is 4.99 Å². The average Bonchev–Trinajstić information content (AvgIpc) is 3.03. The van der Waals surface area contributed by atoms with Crippen molar-refractivity contribution in [1.29, 1.82) is 0 Å². The largest absolute Gasteiger partial charge is 0.372 e. The van der Waals surface area contributed by atoms with Gasteiger partial charge in [0.1, 0.15) is 6.04 Å². The Labute approximate surface area is 163 Å². The van der Waals surface area contributed by atoms with Crippen molar-refractivity contribution in [2.75, 3.05) is 18.0 Å². The third-order valence-corrected chi connectivity index (χ3v) is 5.14. The predicted molar refractivity (Wildman–Crippen MR) is 114 cm³/mol. The topological polar surface area (TPSA) is 40.0 Å². The highest BCUT2D eigenvalue weighted by Crippen LogP contribution is 2.24. The molecule has 0 bridgehead atoms. The molecule has 0 saturated heterocycles. The molecule has 0 aliphatic carbocycles. The Kier molecular flexibility index (Phi) is 5.89. The lowest BCUT2D eigenvalue weighted by atomic mass is 10.0. The molecule has 1 unspecified atom stereocenters. The van der Waals surface area contributed by atoms with Gasteiger partial charge in [-0.15, -0.1) is 0 Å². The number of nitrogens with one attached hydrogen (secondary N) is 1. The van der Waals surface area contributed by atoms with E-state index in [1.807, 2.05) is 30.5 Å². The summed E-state index contributed by atoms with van der Waals surface area (Å²) in [6.07, 6.45) is 1.89. The second-order valence-electron chi connectivity index (χ2n) is 6.06. The van der Waals surface area contributed by atoms with Crippen molar-refractivity contribution in [3.8, 4) is 0 Å². The average molecular weight is 411 g/mol. The molecule has 1 atom stereocenters. The second-order valence-corrected chi connectivity index (χ2v) is 6.91. The highest BCUT2D eigenvalue weighted by Gasteiger charge is 2.26. The molecule has 26 heavy (non-hydrogen) atoms. The van der Waals surface area contributed by atoms with E-state index in [9.17, 15) is 0 Å². The Balaban J connectivity index is 1.79. The number of hydrazone groups is 1. The van der Waals surface area contributed by atoms with Crippen LogP contribution >= 0.6 is 15.9 Å². The normalized spacial score (nSPS) is 16.7. The SMILES string of the molecule is C=C1NN=C(c2ccccc2Br)C1N=Cc1ccc(N(CC)CC)cc1. The maximum absolute atomic E-state index is 4.74. The summed E-state index contributed by atoms with van der Waals surface area (Å²) < 4.78 is 0.999. The minimum absolute atomic E-state index is 0.198. The number of hydrogen-bond acceptors (Lipinski definition) is 4. The molecule has 0 aromatic heterocycles. The first kappa shape index (κ1) is 18.4. The monoisotopic (exact) mass is 410 g/mol. The van der Waals surface area contributed by atoms with Crippen LogP contribution in [0.5, 0.6) is 0 Å². The number of aliphatic imine (C=N–C) groups is 1. The van der Waals surface area contributed by atoms with Gasteiger partial charge in [-0.05, 0) is 37.6 Å². The Hall–Kier alpha value is -2.40. The van der Waals surface area contributed by atoms with Crippen LogP contribution in [0.1, 0.15) is 25.0 Å². The number of anilines is 1. The van der Waals surface area contributed by atoms with Gasteiger partial charge < -0.3 is 4.90 Å². The van der Waals surface area contributed by atoms with Crippen LogP contribution in [0.2, 0.25) is 0 Å². The zero-order valence-corrected chi connectivity index (χ0v) is 16.7. The van der Waals surface area contributed by atoms with Crippen molar-refractivity contribution in [1.82, 2.24) is 5.43 Å². The van der Waals surface area contributed by atoms with Crippen LogP contribution in [-0.2, 0) is 0 Å². The van der Waals surface area contributed by atoms with Crippen LogP contribution in [0.15, 0.2) is 75.4 Å². The summed E-state index contributed by atoms with van der Waals surface area (Å²) in [4.78, 5) is 7.06. The van der Waals surface area contributed by atoms with Gasteiger partial charge in [-0.25, -0.2) is 0 Å². The molecule has 0 fully saturated rings. The summed E-state index contributed by atoms with van der Waals surface area (Å²) in [7, 11) is 0. The van der Waals surface area contributed by atoms with E-state index >= 15 is 0 Å². The van der Waals surface area contributed by atoms with Crippen molar-refractivity contribution in [3.63, 3.8) is 0 Å². The van der Waals surface area contributed by atoms with Gasteiger partial charge in [-0.2, -0.15) is 5.10 Å². The molecule has 0 spiro atoms. The minimum atomic E-state index is -0.198. The number of rotatable bonds is 6. The summed E-state index contributed by atoms with van der Waals surface area (Å²) in [6, 6.07) is 16.3. The van der Waals surface area contributed by atoms with E-state index in [2.05, 4.69) is 76.0 Å². The smallest absolute Gasteiger partial charge is 0.135 e. The molecule has 1 aliphatic heterocycles. The molecular weight excluding hydrogens is 388 g/mol. The quantitative estimate of drug-likeness (QED) is 0.706. The molecule has 2 aromatic rings. The fourth-order valence-corrected chi connectivity index (χ4v) is 3.46. The molecular formula is C21H23BrN4. The molecule has 2 aromatic carbocycles. The molecule has 3 rings (SSSR count). The molecule has 0 radical (unpaired) electrons. The van der Waals surface area contributed by atoms with Gasteiger partial charge in [0.25, 0.3) is 0 Å². The molecule has 134 valence electrons. The lowest BCUT2D eigenvalue weighted by Crippen LogP contribution is -2.21. The molecule has 0 amide bonds. The number of nitrogens with zero attached hydrogens (tertiary/aromatic N) is 3. The van der Waals surface area contributed by atoms with Gasteiger partial charge in [-0.3, -0.25) is 10.4 Å². The van der Waals surface area contributed by atoms with Crippen molar-refractivity contribution in [2.24, 2.45) is 10.1 Å². The highest BCUT2D eigenvalue weighted by molar-refractivity contribution is 9.10. The Bertz CT molecular complexity index is 835. The molecule has 4 nitrogen and oxygen atoms in total. The van der Waals surface area contributed by atoms with Crippen LogP contribution in [-0.4, -0.2) is 31.1 Å². The Morgan fingerprint density at radius 1 is 1.15 bits per heavy atom. The van der Waals surface area contributed by atoms with Crippen LogP contribution < -0.4 is 10.3 Å². The van der Waals surface area contributed by atoms with Gasteiger partial charge in [0.15, 0.2) is 0 Å². The summed E-state index contributed by atoms with van der Waals surface area (Å²) in [6.45, 7) is 10.4. The zero-order valence-electron chi connectivity index (χ0n) is 15.1. The second kappa shape index (κ2) is 8.32. The lowest BCUT2D eigenvalue weighted by molar-refractivity contribution is 0.866. The fourth-order valence-electron chi connectivity index (χ4n) is 2.98. The maximum atomic E-state index is 4.74. The zero-order chi connectivity index (χ0) is 18.5. The van der Waals surface area contributed by atoms with Gasteiger partial charge in [0.05, 0.1) is 11.4 Å². The molecule has 1 heterocycles. The van der Waals surface area contributed by atoms with Crippen molar-refractivity contribution in [3.05, 3.63) is 76.4 Å². The first-order chi connectivity index (χ1) is 12.6. The fraction of sp³-hybridized carbons (Fsp3) is 0.238. The predicted octanol–water partition coefficient (Wildman–Crippen LogP) is 4.60. The van der Waals surface area contributed by atoms with Crippen LogP contribution in [0.25, 0.3) is 0 Å². The minimum Gasteiger partial charge on any atom is -0.372 e. The van der Waals surface area contributed by atoms with Gasteiger partial charge >= 0.3 is 0 Å². The molecule has 0 saturated carbocycles. The van der Waals surface area contributed by atoms with Crippen LogP contribution in [0.4, 0.5) is 5.69 Å².